The van der Waals surface area contributed by atoms with Crippen molar-refractivity contribution >= 4 is 17.4 Å². The first-order valence-electron chi connectivity index (χ1n) is 7.59. The monoisotopic (exact) mass is 358 g/mol. The van der Waals surface area contributed by atoms with Crippen molar-refractivity contribution in [3.8, 4) is 0 Å². The van der Waals surface area contributed by atoms with Gasteiger partial charge in [0, 0.05) is 12.6 Å². The molecule has 0 saturated carbocycles. The number of aromatic nitrogens is 2. The van der Waals surface area contributed by atoms with Crippen LogP contribution in [0.15, 0.2) is 54.9 Å². The molecule has 0 spiro atoms. The molecule has 0 bridgehead atoms. The van der Waals surface area contributed by atoms with Gasteiger partial charge in [-0.05, 0) is 17.7 Å². The minimum Gasteiger partial charge on any atom is -0.366 e. The predicted molar refractivity (Wildman–Crippen MR) is 90.1 cm³/mol. The lowest BCUT2D eigenvalue weighted by Gasteiger charge is -2.09. The summed E-state index contributed by atoms with van der Waals surface area (Å²) in [6.45, 7) is 0.483. The van der Waals surface area contributed by atoms with E-state index in [-0.39, 0.29) is 5.69 Å². The zero-order valence-electron chi connectivity index (χ0n) is 13.3. The molecule has 1 heterocycles. The number of benzene rings is 2. The van der Waals surface area contributed by atoms with Crippen LogP contribution in [0.2, 0.25) is 0 Å². The smallest absolute Gasteiger partial charge is 0.274 e. The van der Waals surface area contributed by atoms with E-state index in [4.69, 9.17) is 0 Å². The molecule has 0 unspecified atom stereocenters. The largest absolute Gasteiger partial charge is 0.366 e. The minimum atomic E-state index is -1.66. The minimum absolute atomic E-state index is 0.0558. The van der Waals surface area contributed by atoms with E-state index in [0.717, 1.165) is 17.7 Å². The average Bonchev–Trinajstić information content (AvgIpc) is 2.68. The molecule has 0 aliphatic carbocycles. The summed E-state index contributed by atoms with van der Waals surface area (Å²) in [4.78, 5) is 20.0. The van der Waals surface area contributed by atoms with Gasteiger partial charge in [-0.25, -0.2) is 23.1 Å². The molecule has 0 aliphatic heterocycles. The van der Waals surface area contributed by atoms with Crippen LogP contribution in [-0.2, 0) is 6.54 Å². The number of rotatable bonds is 5. The number of carbonyl (C=O) groups excluding carboxylic acids is 1. The van der Waals surface area contributed by atoms with Crippen molar-refractivity contribution in [2.45, 2.75) is 6.54 Å². The molecule has 0 atom stereocenters. The number of nitrogens with zero attached hydrogens (tertiary/aromatic N) is 2. The SMILES string of the molecule is O=C(Nc1ccc(F)c(F)c1F)c1cc(NCc2ccccc2)ncn1. The van der Waals surface area contributed by atoms with Crippen LogP contribution in [0, 0.1) is 17.5 Å². The Bertz CT molecular complexity index is 935. The van der Waals surface area contributed by atoms with Gasteiger partial charge in [-0.2, -0.15) is 0 Å². The Balaban J connectivity index is 1.71. The number of anilines is 2. The van der Waals surface area contributed by atoms with E-state index in [9.17, 15) is 18.0 Å². The fourth-order valence-corrected chi connectivity index (χ4v) is 2.18. The second-order valence-electron chi connectivity index (χ2n) is 5.30. The zero-order valence-corrected chi connectivity index (χ0v) is 13.3. The van der Waals surface area contributed by atoms with Crippen molar-refractivity contribution in [1.82, 2.24) is 9.97 Å². The van der Waals surface area contributed by atoms with Crippen LogP contribution in [0.25, 0.3) is 0 Å². The normalized spacial score (nSPS) is 10.4. The van der Waals surface area contributed by atoms with Gasteiger partial charge in [0.1, 0.15) is 17.8 Å². The van der Waals surface area contributed by atoms with E-state index in [0.29, 0.717) is 12.4 Å². The molecular weight excluding hydrogens is 345 g/mol. The summed E-state index contributed by atoms with van der Waals surface area (Å²) in [6.07, 6.45) is 1.17. The van der Waals surface area contributed by atoms with Gasteiger partial charge in [-0.15, -0.1) is 0 Å². The lowest BCUT2D eigenvalue weighted by Crippen LogP contribution is -2.16. The zero-order chi connectivity index (χ0) is 18.5. The van der Waals surface area contributed by atoms with Gasteiger partial charge in [0.25, 0.3) is 5.91 Å². The molecule has 0 saturated heterocycles. The summed E-state index contributed by atoms with van der Waals surface area (Å²) in [7, 11) is 0. The summed E-state index contributed by atoms with van der Waals surface area (Å²) in [5.74, 6) is -4.86. The number of amides is 1. The van der Waals surface area contributed by atoms with E-state index in [1.807, 2.05) is 30.3 Å². The highest BCUT2D eigenvalue weighted by atomic mass is 19.2. The van der Waals surface area contributed by atoms with Crippen LogP contribution in [-0.4, -0.2) is 15.9 Å². The van der Waals surface area contributed by atoms with E-state index in [2.05, 4.69) is 20.6 Å². The first-order valence-corrected chi connectivity index (χ1v) is 7.59. The van der Waals surface area contributed by atoms with E-state index in [1.165, 1.54) is 12.4 Å². The molecule has 8 heteroatoms. The van der Waals surface area contributed by atoms with Crippen LogP contribution in [0.1, 0.15) is 16.1 Å². The molecule has 0 radical (unpaired) electrons. The maximum absolute atomic E-state index is 13.7. The van der Waals surface area contributed by atoms with Crippen molar-refractivity contribution in [1.29, 1.82) is 0 Å². The second-order valence-corrected chi connectivity index (χ2v) is 5.30. The molecule has 0 fully saturated rings. The van der Waals surface area contributed by atoms with Gasteiger partial charge >= 0.3 is 0 Å². The number of hydrogen-bond acceptors (Lipinski definition) is 4. The van der Waals surface area contributed by atoms with Gasteiger partial charge in [-0.3, -0.25) is 4.79 Å². The Kier molecular flexibility index (Phi) is 5.12. The molecule has 3 rings (SSSR count). The third-order valence-electron chi connectivity index (χ3n) is 3.50. The fraction of sp³-hybridized carbons (Fsp3) is 0.0556. The third kappa shape index (κ3) is 3.97. The van der Waals surface area contributed by atoms with Crippen molar-refractivity contribution in [3.63, 3.8) is 0 Å². The van der Waals surface area contributed by atoms with Crippen molar-refractivity contribution in [2.75, 3.05) is 10.6 Å². The molecule has 26 heavy (non-hydrogen) atoms. The van der Waals surface area contributed by atoms with E-state index in [1.54, 1.807) is 0 Å². The van der Waals surface area contributed by atoms with Gasteiger partial charge in [-0.1, -0.05) is 30.3 Å². The van der Waals surface area contributed by atoms with Crippen LogP contribution in [0.4, 0.5) is 24.7 Å². The van der Waals surface area contributed by atoms with E-state index >= 15 is 0 Å². The van der Waals surface area contributed by atoms with Crippen molar-refractivity contribution in [3.05, 3.63) is 83.6 Å². The van der Waals surface area contributed by atoms with E-state index < -0.39 is 29.0 Å². The summed E-state index contributed by atoms with van der Waals surface area (Å²) in [6, 6.07) is 12.6. The fourth-order valence-electron chi connectivity index (χ4n) is 2.18. The molecule has 2 aromatic carbocycles. The van der Waals surface area contributed by atoms with Gasteiger partial charge in [0.15, 0.2) is 17.5 Å². The molecule has 2 N–H and O–H groups in total. The Morgan fingerprint density at radius 3 is 2.50 bits per heavy atom. The maximum Gasteiger partial charge on any atom is 0.274 e. The Morgan fingerprint density at radius 2 is 1.73 bits per heavy atom. The van der Waals surface area contributed by atoms with Crippen molar-refractivity contribution < 1.29 is 18.0 Å². The van der Waals surface area contributed by atoms with Crippen LogP contribution >= 0.6 is 0 Å². The molecule has 1 aromatic heterocycles. The lowest BCUT2D eigenvalue weighted by molar-refractivity contribution is 0.102. The summed E-state index contributed by atoms with van der Waals surface area (Å²) in [5.41, 5.74) is 0.479. The number of halogens is 3. The first-order chi connectivity index (χ1) is 12.5. The molecule has 132 valence electrons. The highest BCUT2D eigenvalue weighted by Crippen LogP contribution is 2.20. The van der Waals surface area contributed by atoms with Gasteiger partial charge < -0.3 is 10.6 Å². The maximum atomic E-state index is 13.7. The molecule has 3 aromatic rings. The van der Waals surface area contributed by atoms with Crippen LogP contribution in [0.3, 0.4) is 0 Å². The Labute approximate surface area is 146 Å². The lowest BCUT2D eigenvalue weighted by atomic mass is 10.2. The summed E-state index contributed by atoms with van der Waals surface area (Å²) < 4.78 is 39.8. The Morgan fingerprint density at radius 1 is 0.962 bits per heavy atom. The molecule has 1 amide bonds. The Hall–Kier alpha value is -3.42. The highest BCUT2D eigenvalue weighted by Gasteiger charge is 2.17. The average molecular weight is 358 g/mol. The quantitative estimate of drug-likeness (QED) is 0.682. The highest BCUT2D eigenvalue weighted by molar-refractivity contribution is 6.03. The van der Waals surface area contributed by atoms with Gasteiger partial charge in [0.05, 0.1) is 5.69 Å². The standard InChI is InChI=1S/C18H13F3N4O/c19-12-6-7-13(17(21)16(12)20)25-18(26)14-8-15(24-10-23-14)22-9-11-4-2-1-3-5-11/h1-8,10H,9H2,(H,25,26)(H,22,23,24). The predicted octanol–water partition coefficient (Wildman–Crippen LogP) is 3.76. The number of hydrogen-bond donors (Lipinski definition) is 2. The number of nitrogens with one attached hydrogen (secondary N) is 2. The molecule has 5 nitrogen and oxygen atoms in total. The molecule has 0 aliphatic rings. The first kappa shape index (κ1) is 17.4. The van der Waals surface area contributed by atoms with Crippen molar-refractivity contribution in [2.24, 2.45) is 0 Å². The van der Waals surface area contributed by atoms with Crippen LogP contribution in [0.5, 0.6) is 0 Å². The van der Waals surface area contributed by atoms with Crippen LogP contribution < -0.4 is 10.6 Å². The molecular formula is C18H13F3N4O. The summed E-state index contributed by atoms with van der Waals surface area (Å²) >= 11 is 0. The second kappa shape index (κ2) is 7.64. The summed E-state index contributed by atoms with van der Waals surface area (Å²) in [5, 5.41) is 5.19. The van der Waals surface area contributed by atoms with Gasteiger partial charge in [0.2, 0.25) is 0 Å². The number of carbonyl (C=O) groups is 1. The third-order valence-corrected chi connectivity index (χ3v) is 3.50. The topological polar surface area (TPSA) is 66.9 Å².